The van der Waals surface area contributed by atoms with Crippen LogP contribution in [0.5, 0.6) is 0 Å². The van der Waals surface area contributed by atoms with E-state index in [-0.39, 0.29) is 5.91 Å². The highest BCUT2D eigenvalue weighted by Gasteiger charge is 2.27. The molecule has 0 bridgehead atoms. The highest BCUT2D eigenvalue weighted by atomic mass is 16.2. The van der Waals surface area contributed by atoms with Gasteiger partial charge in [-0.25, -0.2) is 0 Å². The summed E-state index contributed by atoms with van der Waals surface area (Å²) in [6.07, 6.45) is 4.66. The quantitative estimate of drug-likeness (QED) is 0.841. The Morgan fingerprint density at radius 3 is 2.93 bits per heavy atom. The molecule has 1 unspecified atom stereocenters. The van der Waals surface area contributed by atoms with E-state index < -0.39 is 0 Å². The van der Waals surface area contributed by atoms with Crippen LogP contribution in [-0.2, 0) is 24.3 Å². The predicted octanol–water partition coefficient (Wildman–Crippen LogP) is 3.57. The number of carbonyl (C=O) groups excluding carboxylic acids is 1. The van der Waals surface area contributed by atoms with Crippen LogP contribution < -0.4 is 5.32 Å². The molecular formula is C23H33N5O. The molecule has 4 rings (SSSR count). The van der Waals surface area contributed by atoms with Crippen LogP contribution in [0.15, 0.2) is 24.3 Å². The Balaban J connectivity index is 1.56. The van der Waals surface area contributed by atoms with E-state index in [0.29, 0.717) is 6.54 Å². The Bertz CT molecular complexity index is 874. The molecule has 1 N–H and O–H groups in total. The molecule has 0 aliphatic carbocycles. The van der Waals surface area contributed by atoms with E-state index >= 15 is 0 Å². The largest absolute Gasteiger partial charge is 0.338 e. The standard InChI is InChI=1S/C23H33N5O/c1-17-6-4-8-20(14-17)24-23-21-16-27(18(2)29)12-10-22(21)28(25-23)13-9-19-7-5-11-26(3)15-19/h4,6,8,14,19H,5,7,9-13,15-16H2,1-3H3,(H,24,25). The second kappa shape index (κ2) is 8.57. The van der Waals surface area contributed by atoms with E-state index in [9.17, 15) is 4.79 Å². The zero-order chi connectivity index (χ0) is 20.4. The van der Waals surface area contributed by atoms with Crippen molar-refractivity contribution in [3.05, 3.63) is 41.1 Å². The predicted molar refractivity (Wildman–Crippen MR) is 116 cm³/mol. The molecule has 6 nitrogen and oxygen atoms in total. The zero-order valence-electron chi connectivity index (χ0n) is 17.9. The number of likely N-dealkylation sites (tertiary alicyclic amines) is 1. The van der Waals surface area contributed by atoms with Gasteiger partial charge < -0.3 is 15.1 Å². The Kier molecular flexibility index (Phi) is 5.90. The molecule has 156 valence electrons. The Hall–Kier alpha value is -2.34. The van der Waals surface area contributed by atoms with Crippen molar-refractivity contribution in [3.63, 3.8) is 0 Å². The molecule has 1 aromatic heterocycles. The maximum absolute atomic E-state index is 12.0. The fourth-order valence-corrected chi connectivity index (χ4v) is 4.72. The number of amides is 1. The lowest BCUT2D eigenvalue weighted by molar-refractivity contribution is -0.129. The number of rotatable bonds is 5. The Morgan fingerprint density at radius 2 is 2.17 bits per heavy atom. The van der Waals surface area contributed by atoms with Crippen LogP contribution in [0.25, 0.3) is 0 Å². The fourth-order valence-electron chi connectivity index (χ4n) is 4.72. The highest BCUT2D eigenvalue weighted by molar-refractivity contribution is 5.74. The normalized spacial score (nSPS) is 19.8. The first kappa shape index (κ1) is 20.0. The molecule has 1 amide bonds. The number of piperidine rings is 1. The summed E-state index contributed by atoms with van der Waals surface area (Å²) in [5.74, 6) is 1.78. The number of aryl methyl sites for hydroxylation is 2. The van der Waals surface area contributed by atoms with Gasteiger partial charge in [-0.2, -0.15) is 5.10 Å². The maximum Gasteiger partial charge on any atom is 0.219 e. The van der Waals surface area contributed by atoms with Gasteiger partial charge in [0.15, 0.2) is 5.82 Å². The number of nitrogens with one attached hydrogen (secondary N) is 1. The minimum Gasteiger partial charge on any atom is -0.338 e. The van der Waals surface area contributed by atoms with Crippen LogP contribution in [0.2, 0.25) is 0 Å². The SMILES string of the molecule is CC(=O)N1CCc2c(c(Nc3cccc(C)c3)nn2CCC2CCCN(C)C2)C1. The van der Waals surface area contributed by atoms with Gasteiger partial charge >= 0.3 is 0 Å². The lowest BCUT2D eigenvalue weighted by Crippen LogP contribution is -2.35. The molecule has 2 aromatic rings. The van der Waals surface area contributed by atoms with Crippen molar-refractivity contribution in [1.82, 2.24) is 19.6 Å². The average molecular weight is 396 g/mol. The number of hydrogen-bond acceptors (Lipinski definition) is 4. The van der Waals surface area contributed by atoms with Gasteiger partial charge in [0.1, 0.15) is 0 Å². The van der Waals surface area contributed by atoms with Gasteiger partial charge in [0, 0.05) is 49.9 Å². The van der Waals surface area contributed by atoms with Gasteiger partial charge in [0.2, 0.25) is 5.91 Å². The molecule has 29 heavy (non-hydrogen) atoms. The van der Waals surface area contributed by atoms with Crippen molar-refractivity contribution in [3.8, 4) is 0 Å². The monoisotopic (exact) mass is 395 g/mol. The third-order valence-corrected chi connectivity index (χ3v) is 6.33. The Morgan fingerprint density at radius 1 is 1.31 bits per heavy atom. The molecule has 6 heteroatoms. The van der Waals surface area contributed by atoms with Crippen LogP contribution in [0.1, 0.15) is 43.0 Å². The van der Waals surface area contributed by atoms with E-state index in [1.165, 1.54) is 49.2 Å². The van der Waals surface area contributed by atoms with Gasteiger partial charge in [-0.3, -0.25) is 9.48 Å². The maximum atomic E-state index is 12.0. The van der Waals surface area contributed by atoms with Crippen LogP contribution in [0.3, 0.4) is 0 Å². The first-order chi connectivity index (χ1) is 14.0. The first-order valence-corrected chi connectivity index (χ1v) is 10.9. The molecule has 1 saturated heterocycles. The van der Waals surface area contributed by atoms with E-state index in [1.807, 2.05) is 4.90 Å². The van der Waals surface area contributed by atoms with Crippen molar-refractivity contribution in [2.24, 2.45) is 5.92 Å². The number of carbonyl (C=O) groups is 1. The first-order valence-electron chi connectivity index (χ1n) is 10.9. The van der Waals surface area contributed by atoms with Gasteiger partial charge in [-0.15, -0.1) is 0 Å². The van der Waals surface area contributed by atoms with Crippen LogP contribution >= 0.6 is 0 Å². The average Bonchev–Trinajstić information content (AvgIpc) is 3.03. The zero-order valence-corrected chi connectivity index (χ0v) is 17.9. The van der Waals surface area contributed by atoms with Gasteiger partial charge in [0.25, 0.3) is 0 Å². The molecular weight excluding hydrogens is 362 g/mol. The third-order valence-electron chi connectivity index (χ3n) is 6.33. The summed E-state index contributed by atoms with van der Waals surface area (Å²) >= 11 is 0. The topological polar surface area (TPSA) is 53.4 Å². The summed E-state index contributed by atoms with van der Waals surface area (Å²) < 4.78 is 2.21. The van der Waals surface area contributed by atoms with E-state index in [4.69, 9.17) is 5.10 Å². The lowest BCUT2D eigenvalue weighted by atomic mass is 9.95. The van der Waals surface area contributed by atoms with Crippen LogP contribution in [0, 0.1) is 12.8 Å². The number of anilines is 2. The molecule has 0 saturated carbocycles. The summed E-state index contributed by atoms with van der Waals surface area (Å²) in [4.78, 5) is 16.3. The van der Waals surface area contributed by atoms with E-state index in [0.717, 1.165) is 36.9 Å². The van der Waals surface area contributed by atoms with Crippen molar-refractivity contribution in [1.29, 1.82) is 0 Å². The fraction of sp³-hybridized carbons (Fsp3) is 0.565. The molecule has 1 fully saturated rings. The lowest BCUT2D eigenvalue weighted by Gasteiger charge is -2.30. The highest BCUT2D eigenvalue weighted by Crippen LogP contribution is 2.30. The summed E-state index contributed by atoms with van der Waals surface area (Å²) in [6, 6.07) is 8.36. The number of benzene rings is 1. The second-order valence-corrected chi connectivity index (χ2v) is 8.74. The van der Waals surface area contributed by atoms with Crippen LogP contribution in [-0.4, -0.2) is 52.2 Å². The molecule has 2 aliphatic heterocycles. The molecule has 1 aromatic carbocycles. The summed E-state index contributed by atoms with van der Waals surface area (Å²) in [5.41, 5.74) is 4.73. The summed E-state index contributed by atoms with van der Waals surface area (Å²) in [6.45, 7) is 8.54. The number of fused-ring (bicyclic) bond motifs is 1. The van der Waals surface area contributed by atoms with Gasteiger partial charge in [-0.1, -0.05) is 12.1 Å². The molecule has 2 aliphatic rings. The molecule has 0 radical (unpaired) electrons. The minimum atomic E-state index is 0.134. The van der Waals surface area contributed by atoms with Gasteiger partial charge in [0.05, 0.1) is 6.54 Å². The molecule has 1 atom stereocenters. The van der Waals surface area contributed by atoms with Crippen molar-refractivity contribution < 1.29 is 4.79 Å². The summed E-state index contributed by atoms with van der Waals surface area (Å²) in [5, 5.41) is 8.49. The molecule has 0 spiro atoms. The second-order valence-electron chi connectivity index (χ2n) is 8.74. The van der Waals surface area contributed by atoms with E-state index in [2.05, 4.69) is 53.1 Å². The minimum absolute atomic E-state index is 0.134. The smallest absolute Gasteiger partial charge is 0.219 e. The number of nitrogens with zero attached hydrogens (tertiary/aromatic N) is 4. The van der Waals surface area contributed by atoms with Crippen molar-refractivity contribution >= 4 is 17.4 Å². The van der Waals surface area contributed by atoms with Gasteiger partial charge in [-0.05, 0) is 63.4 Å². The third kappa shape index (κ3) is 4.64. The van der Waals surface area contributed by atoms with Crippen molar-refractivity contribution in [2.75, 3.05) is 32.0 Å². The van der Waals surface area contributed by atoms with E-state index in [1.54, 1.807) is 6.92 Å². The van der Waals surface area contributed by atoms with Crippen LogP contribution in [0.4, 0.5) is 11.5 Å². The molecule has 3 heterocycles. The Labute approximate surface area is 173 Å². The number of aromatic nitrogens is 2. The number of hydrogen-bond donors (Lipinski definition) is 1. The summed E-state index contributed by atoms with van der Waals surface area (Å²) in [7, 11) is 2.22. The van der Waals surface area contributed by atoms with Crippen molar-refractivity contribution in [2.45, 2.75) is 52.6 Å².